The van der Waals surface area contributed by atoms with E-state index in [4.69, 9.17) is 23.8 Å². The molecule has 6 aliphatic rings. The first-order valence-corrected chi connectivity index (χ1v) is 20.7. The Morgan fingerprint density at radius 3 is 2.50 bits per heavy atom. The number of amides is 3. The predicted octanol–water partition coefficient (Wildman–Crippen LogP) is 6.09. The van der Waals surface area contributed by atoms with Crippen LogP contribution >= 0.6 is 0 Å². The first-order valence-electron chi connectivity index (χ1n) is 20.7. The smallest absolute Gasteiger partial charge is 0.481 e. The van der Waals surface area contributed by atoms with E-state index in [1.165, 1.54) is 6.42 Å². The minimum absolute atomic E-state index is 0.0530. The minimum Gasteiger partial charge on any atom is -0.493 e. The van der Waals surface area contributed by atoms with Crippen LogP contribution in [0.4, 0.5) is 4.79 Å². The zero-order valence-electron chi connectivity index (χ0n) is 34.1. The average Bonchev–Trinajstić information content (AvgIpc) is 3.80. The van der Waals surface area contributed by atoms with Gasteiger partial charge in [-0.1, -0.05) is 38.1 Å². The van der Waals surface area contributed by atoms with Crippen LogP contribution in [0.15, 0.2) is 42.6 Å². The van der Waals surface area contributed by atoms with Crippen LogP contribution in [-0.2, 0) is 18.8 Å². The lowest BCUT2D eigenvalue weighted by atomic mass is 9.43. The van der Waals surface area contributed by atoms with Gasteiger partial charge in [0.2, 0.25) is 5.91 Å². The van der Waals surface area contributed by atoms with Crippen molar-refractivity contribution in [2.45, 2.75) is 110 Å². The number of pyridine rings is 1. The SMILES string of the molecule is C[C@@H](NC(=O)c1ccnc2c1cc(OCCCN1CCN(C(=O)OC(C)(C)C)CC1)c1ccccc12)C(=O)N1CCC[C@H]1B1OC2CC3CC(C3(C)C)C2(C)O1. The summed E-state index contributed by atoms with van der Waals surface area (Å²) in [6.45, 7) is 19.1. The third-order valence-electron chi connectivity index (χ3n) is 13.4. The van der Waals surface area contributed by atoms with Gasteiger partial charge in [-0.25, -0.2) is 4.79 Å². The highest BCUT2D eigenvalue weighted by atomic mass is 16.7. The third-order valence-corrected chi connectivity index (χ3v) is 13.4. The van der Waals surface area contributed by atoms with Crippen molar-refractivity contribution < 1.29 is 33.2 Å². The second-order valence-electron chi connectivity index (χ2n) is 18.5. The van der Waals surface area contributed by atoms with Gasteiger partial charge in [0.15, 0.2) is 0 Å². The molecule has 1 N–H and O–H groups in total. The molecule has 13 heteroatoms. The molecule has 6 fully saturated rings. The number of piperazine rings is 1. The second kappa shape index (κ2) is 14.8. The Bertz CT molecular complexity index is 2000. The lowest BCUT2D eigenvalue weighted by Gasteiger charge is -2.64. The molecule has 9 rings (SSSR count). The Balaban J connectivity index is 0.910. The quantitative estimate of drug-likeness (QED) is 0.157. The summed E-state index contributed by atoms with van der Waals surface area (Å²) in [5.74, 6) is 1.14. The van der Waals surface area contributed by atoms with Crippen molar-refractivity contribution in [1.82, 2.24) is 25.0 Å². The third kappa shape index (κ3) is 7.12. The van der Waals surface area contributed by atoms with E-state index in [1.807, 2.05) is 56.0 Å². The average molecular weight is 768 g/mol. The Labute approximate surface area is 331 Å². The van der Waals surface area contributed by atoms with E-state index in [1.54, 1.807) is 24.1 Å². The molecule has 1 aromatic heterocycles. The van der Waals surface area contributed by atoms with E-state index >= 15 is 0 Å². The standard InChI is InChI=1S/C43H58BN5O7/c1-27(39(51)49-18-10-14-36(49)44-55-35-25-28-24-34(42(28,5)6)43(35,7)56-44)46-38(50)31-15-16-45-37-30-13-9-8-12-29(30)33(26-32(31)37)53-23-11-17-47-19-21-48(22-20-47)40(52)54-41(2,3)4/h8-9,12-13,15-16,26-28,34-36H,10-11,14,17-25H2,1-7H3,(H,46,50)/t27-,28?,34?,35?,36+,43?/m1/s1. The van der Waals surface area contributed by atoms with Gasteiger partial charge in [0.25, 0.3) is 5.91 Å². The fraction of sp³-hybridized carbons (Fsp3) is 0.628. The van der Waals surface area contributed by atoms with E-state index in [2.05, 4.69) is 31.0 Å². The van der Waals surface area contributed by atoms with Crippen molar-refractivity contribution in [1.29, 1.82) is 0 Å². The maximum atomic E-state index is 14.0. The molecule has 12 nitrogen and oxygen atoms in total. The summed E-state index contributed by atoms with van der Waals surface area (Å²) in [6.07, 6.45) is 6.10. The van der Waals surface area contributed by atoms with Gasteiger partial charge in [-0.3, -0.25) is 19.5 Å². The van der Waals surface area contributed by atoms with Gasteiger partial charge >= 0.3 is 13.2 Å². The molecule has 56 heavy (non-hydrogen) atoms. The molecule has 2 bridgehead atoms. The summed E-state index contributed by atoms with van der Waals surface area (Å²) in [4.78, 5) is 51.2. The first kappa shape index (κ1) is 38.9. The van der Waals surface area contributed by atoms with Crippen molar-refractivity contribution in [3.05, 3.63) is 48.2 Å². The number of fused-ring (bicyclic) bond motifs is 3. The fourth-order valence-corrected chi connectivity index (χ4v) is 10.2. The monoisotopic (exact) mass is 767 g/mol. The molecule has 4 heterocycles. The highest BCUT2D eigenvalue weighted by molar-refractivity contribution is 6.48. The van der Waals surface area contributed by atoms with Crippen LogP contribution in [0.25, 0.3) is 21.7 Å². The molecule has 4 unspecified atom stereocenters. The van der Waals surface area contributed by atoms with Crippen LogP contribution in [0.2, 0.25) is 0 Å². The number of nitrogens with zero attached hydrogens (tertiary/aromatic N) is 4. The summed E-state index contributed by atoms with van der Waals surface area (Å²) < 4.78 is 25.3. The van der Waals surface area contributed by atoms with Crippen LogP contribution in [0.5, 0.6) is 5.75 Å². The molecular formula is C43H58BN5O7. The molecule has 300 valence electrons. The number of likely N-dealkylation sites (tertiary alicyclic amines) is 1. The van der Waals surface area contributed by atoms with Gasteiger partial charge in [0, 0.05) is 61.6 Å². The fourth-order valence-electron chi connectivity index (χ4n) is 10.2. The van der Waals surface area contributed by atoms with Gasteiger partial charge in [-0.2, -0.15) is 0 Å². The zero-order chi connectivity index (χ0) is 39.6. The number of benzene rings is 2. The zero-order valence-corrected chi connectivity index (χ0v) is 34.1. The van der Waals surface area contributed by atoms with E-state index < -0.39 is 18.8 Å². The summed E-state index contributed by atoms with van der Waals surface area (Å²) >= 11 is 0. The molecule has 3 aromatic rings. The van der Waals surface area contributed by atoms with Crippen molar-refractivity contribution in [3.63, 3.8) is 0 Å². The summed E-state index contributed by atoms with van der Waals surface area (Å²) in [6, 6.07) is 10.8. The van der Waals surface area contributed by atoms with E-state index in [9.17, 15) is 14.4 Å². The molecular weight excluding hydrogens is 709 g/mol. The predicted molar refractivity (Wildman–Crippen MR) is 215 cm³/mol. The van der Waals surface area contributed by atoms with Crippen molar-refractivity contribution >= 4 is 46.7 Å². The molecule has 2 aromatic carbocycles. The lowest BCUT2D eigenvalue weighted by molar-refractivity contribution is -0.199. The molecule has 3 amide bonds. The summed E-state index contributed by atoms with van der Waals surface area (Å²) in [7, 11) is -0.459. The van der Waals surface area contributed by atoms with Crippen LogP contribution < -0.4 is 10.1 Å². The minimum atomic E-state index is -0.750. The van der Waals surface area contributed by atoms with Crippen molar-refractivity contribution in [2.24, 2.45) is 17.3 Å². The maximum absolute atomic E-state index is 14.0. The summed E-state index contributed by atoms with van der Waals surface area (Å²) in [5.41, 5.74) is 0.536. The number of carbonyl (C=O) groups is 3. The van der Waals surface area contributed by atoms with E-state index in [-0.39, 0.29) is 41.0 Å². The maximum Gasteiger partial charge on any atom is 0.481 e. The topological polar surface area (TPSA) is 123 Å². The molecule has 3 saturated carbocycles. The first-order chi connectivity index (χ1) is 26.6. The molecule has 0 radical (unpaired) electrons. The molecule has 3 aliphatic carbocycles. The highest BCUT2D eigenvalue weighted by Crippen LogP contribution is 2.66. The van der Waals surface area contributed by atoms with Crippen LogP contribution in [0, 0.1) is 17.3 Å². The Morgan fingerprint density at radius 1 is 1.02 bits per heavy atom. The largest absolute Gasteiger partial charge is 0.493 e. The van der Waals surface area contributed by atoms with Gasteiger partial charge < -0.3 is 33.9 Å². The van der Waals surface area contributed by atoms with Crippen LogP contribution in [0.3, 0.4) is 0 Å². The van der Waals surface area contributed by atoms with Gasteiger partial charge in [0.05, 0.1) is 35.3 Å². The number of ether oxygens (including phenoxy) is 2. The number of hydrogen-bond donors (Lipinski definition) is 1. The number of hydrogen-bond acceptors (Lipinski definition) is 9. The molecule has 3 aliphatic heterocycles. The number of aromatic nitrogens is 1. The Morgan fingerprint density at radius 2 is 1.77 bits per heavy atom. The molecule has 0 spiro atoms. The number of rotatable bonds is 9. The Kier molecular flexibility index (Phi) is 10.3. The van der Waals surface area contributed by atoms with E-state index in [0.29, 0.717) is 60.3 Å². The molecule has 6 atom stereocenters. The van der Waals surface area contributed by atoms with Crippen LogP contribution in [0.1, 0.15) is 90.9 Å². The highest BCUT2D eigenvalue weighted by Gasteiger charge is 2.69. The molecule has 3 saturated heterocycles. The second-order valence-corrected chi connectivity index (χ2v) is 18.5. The van der Waals surface area contributed by atoms with Crippen LogP contribution in [-0.4, -0.2) is 120 Å². The van der Waals surface area contributed by atoms with Gasteiger partial charge in [0.1, 0.15) is 17.4 Å². The normalized spacial score (nSPS) is 27.9. The lowest BCUT2D eigenvalue weighted by Crippen LogP contribution is -2.65. The van der Waals surface area contributed by atoms with Gasteiger partial charge in [-0.05, 0) is 96.1 Å². The number of carbonyl (C=O) groups excluding carboxylic acids is 3. The van der Waals surface area contributed by atoms with Crippen molar-refractivity contribution in [2.75, 3.05) is 45.9 Å². The summed E-state index contributed by atoms with van der Waals surface area (Å²) in [5, 5.41) is 5.50. The number of nitrogens with one attached hydrogen (secondary N) is 1. The Hall–Kier alpha value is -3.94. The van der Waals surface area contributed by atoms with Crippen molar-refractivity contribution in [3.8, 4) is 5.75 Å². The van der Waals surface area contributed by atoms with E-state index in [0.717, 1.165) is 56.1 Å². The van der Waals surface area contributed by atoms with Gasteiger partial charge in [-0.15, -0.1) is 0 Å².